The molecule has 3 heterocycles. The third kappa shape index (κ3) is 5.44. The van der Waals surface area contributed by atoms with E-state index in [1.54, 1.807) is 6.08 Å². The molecule has 0 spiro atoms. The molecule has 0 atom stereocenters. The quantitative estimate of drug-likeness (QED) is 0.357. The molecule has 2 aliphatic rings. The maximum absolute atomic E-state index is 13.1. The van der Waals surface area contributed by atoms with Gasteiger partial charge in [-0.15, -0.1) is 0 Å². The van der Waals surface area contributed by atoms with Crippen LogP contribution in [0.2, 0.25) is 0 Å². The summed E-state index contributed by atoms with van der Waals surface area (Å²) in [5.41, 5.74) is 6.92. The van der Waals surface area contributed by atoms with E-state index in [-0.39, 0.29) is 12.2 Å². The molecule has 0 bridgehead atoms. The molecule has 2 aromatic carbocycles. The number of amides is 4. The van der Waals surface area contributed by atoms with E-state index in [1.165, 1.54) is 5.56 Å². The lowest BCUT2D eigenvalue weighted by molar-refractivity contribution is -0.127. The first-order valence-electron chi connectivity index (χ1n) is 13.2. The molecule has 39 heavy (non-hydrogen) atoms. The smallest absolute Gasteiger partial charge is 0.329 e. The van der Waals surface area contributed by atoms with Gasteiger partial charge in [0.2, 0.25) is 5.91 Å². The summed E-state index contributed by atoms with van der Waals surface area (Å²) < 4.78 is 7.54. The molecule has 4 amide bonds. The van der Waals surface area contributed by atoms with Crippen LogP contribution in [0.1, 0.15) is 29.4 Å². The van der Waals surface area contributed by atoms with Crippen molar-refractivity contribution in [3.63, 3.8) is 0 Å². The number of aromatic nitrogens is 1. The van der Waals surface area contributed by atoms with Gasteiger partial charge in [0, 0.05) is 41.5 Å². The van der Waals surface area contributed by atoms with E-state index in [4.69, 9.17) is 4.74 Å². The highest BCUT2D eigenvalue weighted by atomic mass is 16.5. The zero-order chi connectivity index (χ0) is 27.5. The number of morpholine rings is 1. The molecule has 0 unspecified atom stereocenters. The van der Waals surface area contributed by atoms with Gasteiger partial charge in [0.15, 0.2) is 0 Å². The Morgan fingerprint density at radius 3 is 2.49 bits per heavy atom. The van der Waals surface area contributed by atoms with Crippen molar-refractivity contribution in [2.45, 2.75) is 27.2 Å². The molecule has 1 aromatic heterocycles. The normalized spacial score (nSPS) is 16.6. The number of hydrogen-bond donors (Lipinski definition) is 2. The number of benzene rings is 2. The fraction of sp³-hybridized carbons (Fsp3) is 0.300. The van der Waals surface area contributed by atoms with Crippen molar-refractivity contribution < 1.29 is 19.1 Å². The van der Waals surface area contributed by atoms with Crippen molar-refractivity contribution in [1.29, 1.82) is 0 Å². The molecule has 5 rings (SSSR count). The van der Waals surface area contributed by atoms with E-state index in [0.717, 1.165) is 52.7 Å². The summed E-state index contributed by atoms with van der Waals surface area (Å²) in [5, 5.41) is 5.40. The third-order valence-corrected chi connectivity index (χ3v) is 7.17. The van der Waals surface area contributed by atoms with Crippen molar-refractivity contribution in [2.24, 2.45) is 0 Å². The van der Waals surface area contributed by atoms with Crippen LogP contribution in [0.3, 0.4) is 0 Å². The summed E-state index contributed by atoms with van der Waals surface area (Å²) in [6, 6.07) is 17.1. The minimum Gasteiger partial charge on any atom is -0.378 e. The summed E-state index contributed by atoms with van der Waals surface area (Å²) in [6.07, 6.45) is 2.57. The molecule has 202 valence electrons. The van der Waals surface area contributed by atoms with Crippen molar-refractivity contribution >= 4 is 35.3 Å². The molecule has 0 saturated carbocycles. The first-order chi connectivity index (χ1) is 18.9. The van der Waals surface area contributed by atoms with E-state index >= 15 is 0 Å². The second kappa shape index (κ2) is 11.2. The van der Waals surface area contributed by atoms with Gasteiger partial charge in [0.1, 0.15) is 12.2 Å². The molecule has 9 nitrogen and oxygen atoms in total. The zero-order valence-electron chi connectivity index (χ0n) is 22.5. The van der Waals surface area contributed by atoms with E-state index in [9.17, 15) is 14.4 Å². The average molecular weight is 528 g/mol. The van der Waals surface area contributed by atoms with Gasteiger partial charge in [0.25, 0.3) is 5.91 Å². The maximum Gasteiger partial charge on any atom is 0.329 e. The number of para-hydroxylation sites is 1. The van der Waals surface area contributed by atoms with Crippen LogP contribution in [0, 0.1) is 13.8 Å². The first-order valence-corrected chi connectivity index (χ1v) is 13.2. The van der Waals surface area contributed by atoms with E-state index < -0.39 is 17.8 Å². The van der Waals surface area contributed by atoms with Gasteiger partial charge in [-0.2, -0.15) is 0 Å². The number of urea groups is 1. The minimum atomic E-state index is -0.616. The Bertz CT molecular complexity index is 1430. The van der Waals surface area contributed by atoms with Crippen molar-refractivity contribution in [2.75, 3.05) is 43.1 Å². The van der Waals surface area contributed by atoms with Crippen LogP contribution in [0.4, 0.5) is 16.2 Å². The van der Waals surface area contributed by atoms with E-state index in [0.29, 0.717) is 18.9 Å². The van der Waals surface area contributed by atoms with E-state index in [2.05, 4.69) is 39.2 Å². The lowest BCUT2D eigenvalue weighted by Gasteiger charge is -2.28. The number of aryl methyl sites for hydroxylation is 2. The molecule has 9 heteroatoms. The lowest BCUT2D eigenvalue weighted by Crippen LogP contribution is -2.38. The highest BCUT2D eigenvalue weighted by Crippen LogP contribution is 2.26. The van der Waals surface area contributed by atoms with Gasteiger partial charge in [0.05, 0.1) is 13.2 Å². The van der Waals surface area contributed by atoms with Gasteiger partial charge < -0.3 is 24.8 Å². The van der Waals surface area contributed by atoms with Crippen LogP contribution in [0.25, 0.3) is 11.8 Å². The molecule has 2 aliphatic heterocycles. The number of nitrogens with one attached hydrogen (secondary N) is 2. The number of rotatable bonds is 7. The Labute approximate surface area is 228 Å². The summed E-state index contributed by atoms with van der Waals surface area (Å²) in [7, 11) is 0. The second-order valence-electron chi connectivity index (χ2n) is 9.72. The van der Waals surface area contributed by atoms with Gasteiger partial charge in [-0.05, 0) is 73.9 Å². The summed E-state index contributed by atoms with van der Waals surface area (Å²) in [5.74, 6) is -0.982. The van der Waals surface area contributed by atoms with Gasteiger partial charge in [-0.3, -0.25) is 9.59 Å². The third-order valence-electron chi connectivity index (χ3n) is 7.17. The summed E-state index contributed by atoms with van der Waals surface area (Å²) >= 11 is 0. The Hall–Kier alpha value is -4.37. The highest BCUT2D eigenvalue weighted by molar-refractivity contribution is 6.16. The van der Waals surface area contributed by atoms with Crippen LogP contribution in [0.5, 0.6) is 0 Å². The largest absolute Gasteiger partial charge is 0.378 e. The number of nitrogens with zero attached hydrogens (tertiary/aromatic N) is 3. The Morgan fingerprint density at radius 2 is 1.77 bits per heavy atom. The Balaban J connectivity index is 1.27. The van der Waals surface area contributed by atoms with Crippen molar-refractivity contribution in [1.82, 2.24) is 14.8 Å². The standard InChI is InChI=1S/C30H33N5O4/c1-4-22-7-5-6-8-27(22)35-20(2)17-23(21(35)3)18-26-29(37)34(30(38)32-26)19-28(36)31-24-9-11-25(12-10-24)33-13-15-39-16-14-33/h5-12,17-18H,4,13-16,19H2,1-3H3,(H,31,36)(H,32,38)/b26-18-. The zero-order valence-corrected chi connectivity index (χ0v) is 22.5. The van der Waals surface area contributed by atoms with Gasteiger partial charge in [-0.25, -0.2) is 9.69 Å². The average Bonchev–Trinajstić information content (AvgIpc) is 3.37. The fourth-order valence-electron chi connectivity index (χ4n) is 5.12. The van der Waals surface area contributed by atoms with Crippen LogP contribution in [0.15, 0.2) is 60.3 Å². The Morgan fingerprint density at radius 1 is 1.05 bits per heavy atom. The second-order valence-corrected chi connectivity index (χ2v) is 9.72. The van der Waals surface area contributed by atoms with Crippen LogP contribution >= 0.6 is 0 Å². The molecule has 0 aliphatic carbocycles. The lowest BCUT2D eigenvalue weighted by atomic mass is 10.1. The SMILES string of the molecule is CCc1ccccc1-n1c(C)cc(/C=C2\NC(=O)N(CC(=O)Nc3ccc(N4CCOCC4)cc3)C2=O)c1C. The number of carbonyl (C=O) groups is 3. The maximum atomic E-state index is 13.1. The van der Waals surface area contributed by atoms with Crippen molar-refractivity contribution in [3.8, 4) is 5.69 Å². The van der Waals surface area contributed by atoms with Crippen molar-refractivity contribution in [3.05, 3.63) is 82.8 Å². The molecule has 0 radical (unpaired) electrons. The van der Waals surface area contributed by atoms with Gasteiger partial charge in [-0.1, -0.05) is 25.1 Å². The highest BCUT2D eigenvalue weighted by Gasteiger charge is 2.35. The number of anilines is 2. The predicted molar refractivity (Wildman–Crippen MR) is 151 cm³/mol. The molecule has 2 N–H and O–H groups in total. The Kier molecular flexibility index (Phi) is 7.51. The molecule has 2 fully saturated rings. The predicted octanol–water partition coefficient (Wildman–Crippen LogP) is 4.02. The number of imide groups is 1. The number of hydrogen-bond acceptors (Lipinski definition) is 5. The summed E-state index contributed by atoms with van der Waals surface area (Å²) in [4.78, 5) is 41.5. The first kappa shape index (κ1) is 26.2. The topological polar surface area (TPSA) is 95.9 Å². The fourth-order valence-corrected chi connectivity index (χ4v) is 5.12. The van der Waals surface area contributed by atoms with Crippen LogP contribution < -0.4 is 15.5 Å². The van der Waals surface area contributed by atoms with Crippen LogP contribution in [-0.2, 0) is 20.7 Å². The van der Waals surface area contributed by atoms with E-state index in [1.807, 2.05) is 56.3 Å². The number of carbonyl (C=O) groups excluding carboxylic acids is 3. The number of ether oxygens (including phenoxy) is 1. The van der Waals surface area contributed by atoms with Crippen LogP contribution in [-0.4, -0.2) is 60.2 Å². The minimum absolute atomic E-state index is 0.145. The molecule has 3 aromatic rings. The molecular weight excluding hydrogens is 494 g/mol. The molecular formula is C30H33N5O4. The molecule has 2 saturated heterocycles. The monoisotopic (exact) mass is 527 g/mol. The van der Waals surface area contributed by atoms with Gasteiger partial charge >= 0.3 is 6.03 Å². The summed E-state index contributed by atoms with van der Waals surface area (Å²) in [6.45, 7) is 8.78.